The van der Waals surface area contributed by atoms with Crippen LogP contribution >= 0.6 is 23.4 Å². The summed E-state index contributed by atoms with van der Waals surface area (Å²) in [6.07, 6.45) is 0. The van der Waals surface area contributed by atoms with Gasteiger partial charge in [0.1, 0.15) is 17.2 Å². The van der Waals surface area contributed by atoms with Crippen molar-refractivity contribution in [2.75, 3.05) is 31.9 Å². The fourth-order valence-electron chi connectivity index (χ4n) is 3.13. The zero-order valence-electron chi connectivity index (χ0n) is 19.9. The minimum absolute atomic E-state index is 0.147. The van der Waals surface area contributed by atoms with Gasteiger partial charge in [-0.25, -0.2) is 0 Å². The van der Waals surface area contributed by atoms with Crippen molar-refractivity contribution < 1.29 is 19.0 Å². The van der Waals surface area contributed by atoms with E-state index >= 15 is 0 Å². The Morgan fingerprint density at radius 1 is 1.12 bits per heavy atom. The summed E-state index contributed by atoms with van der Waals surface area (Å²) in [6, 6.07) is 11.0. The van der Waals surface area contributed by atoms with E-state index in [1.165, 1.54) is 26.0 Å². The average Bonchev–Trinajstić information content (AvgIpc) is 3.25. The van der Waals surface area contributed by atoms with Crippen molar-refractivity contribution >= 4 is 35.0 Å². The number of thioether (sulfide) groups is 1. The zero-order chi connectivity index (χ0) is 24.7. The summed E-state index contributed by atoms with van der Waals surface area (Å²) in [5.41, 5.74) is 1.41. The van der Waals surface area contributed by atoms with Gasteiger partial charge in [0.2, 0.25) is 5.91 Å². The number of nitrogens with one attached hydrogen (secondary N) is 1. The molecule has 10 heteroatoms. The Bertz CT molecular complexity index is 1120. The van der Waals surface area contributed by atoms with Gasteiger partial charge < -0.3 is 24.1 Å². The molecule has 0 aliphatic rings. The van der Waals surface area contributed by atoms with Gasteiger partial charge in [-0.05, 0) is 37.1 Å². The average molecular weight is 505 g/mol. The van der Waals surface area contributed by atoms with Gasteiger partial charge in [0, 0.05) is 24.2 Å². The molecule has 1 heterocycles. The highest BCUT2D eigenvalue weighted by Crippen LogP contribution is 2.36. The maximum atomic E-state index is 12.6. The summed E-state index contributed by atoms with van der Waals surface area (Å²) in [5, 5.41) is 12.6. The van der Waals surface area contributed by atoms with E-state index in [4.69, 9.17) is 25.8 Å². The van der Waals surface area contributed by atoms with Crippen molar-refractivity contribution in [3.63, 3.8) is 0 Å². The summed E-state index contributed by atoms with van der Waals surface area (Å²) >= 11 is 7.44. The first kappa shape index (κ1) is 25.7. The molecule has 0 bridgehead atoms. The SMILES string of the molecule is CCn1c(SCC(=O)Nc2cc(OC)c(Cl)cc2OC)nnc1-c1ccc(OCC(C)C)cc1. The number of carbonyl (C=O) groups is 1. The standard InChI is InChI=1S/C24H29ClN4O4S/c1-6-29-23(16-7-9-17(10-8-16)33-13-15(2)3)27-28-24(29)34-14-22(30)26-19-12-20(31-4)18(25)11-21(19)32-5/h7-12,15H,6,13-14H2,1-5H3,(H,26,30). The molecule has 0 spiro atoms. The predicted octanol–water partition coefficient (Wildman–Crippen LogP) is 5.40. The number of hydrogen-bond donors (Lipinski definition) is 1. The number of rotatable bonds is 11. The molecule has 0 radical (unpaired) electrons. The van der Waals surface area contributed by atoms with Crippen LogP contribution < -0.4 is 19.5 Å². The van der Waals surface area contributed by atoms with Crippen LogP contribution in [-0.4, -0.2) is 47.3 Å². The van der Waals surface area contributed by atoms with Crippen LogP contribution in [0.25, 0.3) is 11.4 Å². The van der Waals surface area contributed by atoms with Crippen molar-refractivity contribution in [3.05, 3.63) is 41.4 Å². The van der Waals surface area contributed by atoms with Crippen LogP contribution in [0.2, 0.25) is 5.02 Å². The topological polar surface area (TPSA) is 87.5 Å². The largest absolute Gasteiger partial charge is 0.495 e. The molecule has 0 aliphatic carbocycles. The maximum absolute atomic E-state index is 12.6. The minimum atomic E-state index is -0.216. The Labute approximate surface area is 209 Å². The van der Waals surface area contributed by atoms with Crippen LogP contribution in [0.4, 0.5) is 5.69 Å². The van der Waals surface area contributed by atoms with Gasteiger partial charge in [0.05, 0.1) is 37.3 Å². The molecule has 3 rings (SSSR count). The molecule has 34 heavy (non-hydrogen) atoms. The quantitative estimate of drug-likeness (QED) is 0.350. The molecule has 3 aromatic rings. The molecular formula is C24H29ClN4O4S. The van der Waals surface area contributed by atoms with E-state index in [2.05, 4.69) is 29.4 Å². The van der Waals surface area contributed by atoms with Crippen LogP contribution in [0.1, 0.15) is 20.8 Å². The van der Waals surface area contributed by atoms with Crippen molar-refractivity contribution in [1.82, 2.24) is 14.8 Å². The fraction of sp³-hybridized carbons (Fsp3) is 0.375. The molecule has 1 amide bonds. The van der Waals surface area contributed by atoms with Crippen LogP contribution in [0.3, 0.4) is 0 Å². The molecule has 0 unspecified atom stereocenters. The second-order valence-electron chi connectivity index (χ2n) is 7.80. The molecular weight excluding hydrogens is 476 g/mol. The van der Waals surface area contributed by atoms with E-state index in [9.17, 15) is 4.79 Å². The number of anilines is 1. The van der Waals surface area contributed by atoms with Gasteiger partial charge >= 0.3 is 0 Å². The molecule has 0 atom stereocenters. The van der Waals surface area contributed by atoms with Gasteiger partial charge in [0.15, 0.2) is 11.0 Å². The van der Waals surface area contributed by atoms with Gasteiger partial charge in [-0.3, -0.25) is 4.79 Å². The third-order valence-electron chi connectivity index (χ3n) is 4.81. The second-order valence-corrected chi connectivity index (χ2v) is 9.15. The number of methoxy groups -OCH3 is 2. The van der Waals surface area contributed by atoms with Gasteiger partial charge in [-0.1, -0.05) is 37.2 Å². The molecule has 1 aromatic heterocycles. The Kier molecular flexibility index (Phi) is 9.06. The highest BCUT2D eigenvalue weighted by molar-refractivity contribution is 7.99. The summed E-state index contributed by atoms with van der Waals surface area (Å²) in [4.78, 5) is 12.6. The third-order valence-corrected chi connectivity index (χ3v) is 6.07. The molecule has 0 aliphatic heterocycles. The summed E-state index contributed by atoms with van der Waals surface area (Å²) in [7, 11) is 3.02. The number of ether oxygens (including phenoxy) is 3. The van der Waals surface area contributed by atoms with Crippen molar-refractivity contribution in [1.29, 1.82) is 0 Å². The lowest BCUT2D eigenvalue weighted by atomic mass is 10.2. The predicted molar refractivity (Wildman–Crippen MR) is 135 cm³/mol. The summed E-state index contributed by atoms with van der Waals surface area (Å²) in [6.45, 7) is 7.57. The lowest BCUT2D eigenvalue weighted by Gasteiger charge is -2.13. The first-order valence-corrected chi connectivity index (χ1v) is 12.2. The monoisotopic (exact) mass is 504 g/mol. The minimum Gasteiger partial charge on any atom is -0.495 e. The molecule has 2 aromatic carbocycles. The van der Waals surface area contributed by atoms with Crippen molar-refractivity contribution in [3.8, 4) is 28.6 Å². The van der Waals surface area contributed by atoms with Crippen LogP contribution in [0, 0.1) is 5.92 Å². The maximum Gasteiger partial charge on any atom is 0.234 e. The van der Waals surface area contributed by atoms with Crippen LogP contribution in [0.15, 0.2) is 41.6 Å². The van der Waals surface area contributed by atoms with Crippen molar-refractivity contribution in [2.24, 2.45) is 5.92 Å². The second kappa shape index (κ2) is 12.0. The number of amides is 1. The highest BCUT2D eigenvalue weighted by Gasteiger charge is 2.17. The van der Waals surface area contributed by atoms with E-state index in [-0.39, 0.29) is 11.7 Å². The zero-order valence-corrected chi connectivity index (χ0v) is 21.5. The highest BCUT2D eigenvalue weighted by atomic mass is 35.5. The first-order chi connectivity index (χ1) is 16.4. The number of carbonyl (C=O) groups excluding carboxylic acids is 1. The smallest absolute Gasteiger partial charge is 0.234 e. The van der Waals surface area contributed by atoms with Gasteiger partial charge in [0.25, 0.3) is 0 Å². The lowest BCUT2D eigenvalue weighted by Crippen LogP contribution is -2.15. The number of halogens is 1. The van der Waals surface area contributed by atoms with Crippen LogP contribution in [-0.2, 0) is 11.3 Å². The van der Waals surface area contributed by atoms with E-state index in [0.717, 1.165) is 17.1 Å². The number of benzene rings is 2. The number of aromatic nitrogens is 3. The fourth-order valence-corrected chi connectivity index (χ4v) is 4.16. The molecule has 8 nitrogen and oxygen atoms in total. The molecule has 0 saturated carbocycles. The number of nitrogens with zero attached hydrogens (tertiary/aromatic N) is 3. The molecule has 0 saturated heterocycles. The summed E-state index contributed by atoms with van der Waals surface area (Å²) < 4.78 is 18.3. The lowest BCUT2D eigenvalue weighted by molar-refractivity contribution is -0.113. The van der Waals surface area contributed by atoms with Gasteiger partial charge in [-0.15, -0.1) is 10.2 Å². The van der Waals surface area contributed by atoms with E-state index in [1.807, 2.05) is 35.8 Å². The van der Waals surface area contributed by atoms with E-state index in [0.29, 0.717) is 46.4 Å². The Morgan fingerprint density at radius 2 is 1.82 bits per heavy atom. The normalized spacial score (nSPS) is 10.9. The molecule has 0 fully saturated rings. The van der Waals surface area contributed by atoms with Gasteiger partial charge in [-0.2, -0.15) is 0 Å². The summed E-state index contributed by atoms with van der Waals surface area (Å²) in [5.74, 6) is 2.85. The van der Waals surface area contributed by atoms with Crippen molar-refractivity contribution in [2.45, 2.75) is 32.5 Å². The Morgan fingerprint density at radius 3 is 2.44 bits per heavy atom. The Hall–Kier alpha value is -2.91. The number of hydrogen-bond acceptors (Lipinski definition) is 7. The first-order valence-electron chi connectivity index (χ1n) is 10.9. The molecule has 182 valence electrons. The van der Waals surface area contributed by atoms with E-state index in [1.54, 1.807) is 12.1 Å². The van der Waals surface area contributed by atoms with Crippen LogP contribution in [0.5, 0.6) is 17.2 Å². The van der Waals surface area contributed by atoms with E-state index < -0.39 is 0 Å². The Balaban J connectivity index is 1.68. The third kappa shape index (κ3) is 6.36. The molecule has 1 N–H and O–H groups in total.